The lowest BCUT2D eigenvalue weighted by atomic mass is 9.84. The monoisotopic (exact) mass is 156 g/mol. The van der Waals surface area contributed by atoms with Crippen molar-refractivity contribution in [2.75, 3.05) is 13.2 Å². The highest BCUT2D eigenvalue weighted by molar-refractivity contribution is 4.93. The van der Waals surface area contributed by atoms with E-state index in [1.54, 1.807) is 0 Å². The van der Waals surface area contributed by atoms with Crippen molar-refractivity contribution >= 4 is 0 Å². The Hall–Kier alpha value is -0.340. The number of aliphatic hydroxyl groups excluding tert-OH is 1. The second-order valence-corrected chi connectivity index (χ2v) is 3.30. The van der Waals surface area contributed by atoms with E-state index in [0.29, 0.717) is 6.61 Å². The summed E-state index contributed by atoms with van der Waals surface area (Å²) in [6, 6.07) is 0. The fourth-order valence-corrected chi connectivity index (χ4v) is 1.45. The van der Waals surface area contributed by atoms with E-state index in [-0.39, 0.29) is 18.1 Å². The van der Waals surface area contributed by atoms with Gasteiger partial charge in [-0.1, -0.05) is 13.0 Å². The lowest BCUT2D eigenvalue weighted by molar-refractivity contribution is 0.0810. The molecule has 0 aromatic heterocycles. The molecule has 0 amide bonds. The Labute approximate surface area is 67.9 Å². The van der Waals surface area contributed by atoms with Crippen molar-refractivity contribution < 1.29 is 9.84 Å². The fraction of sp³-hybridized carbons (Fsp3) is 0.778. The van der Waals surface area contributed by atoms with Crippen molar-refractivity contribution in [3.05, 3.63) is 12.7 Å². The van der Waals surface area contributed by atoms with Crippen LogP contribution in [0.5, 0.6) is 0 Å². The second kappa shape index (κ2) is 3.37. The van der Waals surface area contributed by atoms with Gasteiger partial charge in [-0.05, 0) is 12.8 Å². The van der Waals surface area contributed by atoms with Gasteiger partial charge in [0, 0.05) is 5.41 Å². The number of hydrogen-bond acceptors (Lipinski definition) is 2. The SMILES string of the molecule is C=C[C@@H]1C[C@](CC)(CO)CO1. The van der Waals surface area contributed by atoms with Crippen LogP contribution in [0.4, 0.5) is 0 Å². The molecule has 64 valence electrons. The van der Waals surface area contributed by atoms with Crippen LogP contribution in [0.3, 0.4) is 0 Å². The van der Waals surface area contributed by atoms with Crippen molar-refractivity contribution in [2.24, 2.45) is 5.41 Å². The van der Waals surface area contributed by atoms with Crippen LogP contribution in [0.15, 0.2) is 12.7 Å². The Morgan fingerprint density at radius 2 is 2.55 bits per heavy atom. The average molecular weight is 156 g/mol. The number of ether oxygens (including phenoxy) is 1. The molecule has 2 nitrogen and oxygen atoms in total. The molecular formula is C9H16O2. The summed E-state index contributed by atoms with van der Waals surface area (Å²) in [6.07, 6.45) is 3.87. The molecule has 1 N–H and O–H groups in total. The van der Waals surface area contributed by atoms with Crippen LogP contribution in [-0.4, -0.2) is 24.4 Å². The lowest BCUT2D eigenvalue weighted by Crippen LogP contribution is -2.24. The summed E-state index contributed by atoms with van der Waals surface area (Å²) in [5, 5.41) is 9.12. The third kappa shape index (κ3) is 1.63. The van der Waals surface area contributed by atoms with E-state index in [4.69, 9.17) is 9.84 Å². The van der Waals surface area contributed by atoms with Gasteiger partial charge in [0.05, 0.1) is 19.3 Å². The molecule has 1 rings (SSSR count). The molecule has 0 aliphatic carbocycles. The maximum Gasteiger partial charge on any atom is 0.0760 e. The maximum absolute atomic E-state index is 9.12. The molecule has 11 heavy (non-hydrogen) atoms. The normalized spacial score (nSPS) is 37.5. The highest BCUT2D eigenvalue weighted by Crippen LogP contribution is 2.35. The van der Waals surface area contributed by atoms with E-state index in [1.807, 2.05) is 6.08 Å². The lowest BCUT2D eigenvalue weighted by Gasteiger charge is -2.21. The van der Waals surface area contributed by atoms with Crippen LogP contribution in [-0.2, 0) is 4.74 Å². The van der Waals surface area contributed by atoms with Crippen molar-refractivity contribution in [2.45, 2.75) is 25.9 Å². The molecular weight excluding hydrogens is 140 g/mol. The van der Waals surface area contributed by atoms with Gasteiger partial charge in [0.1, 0.15) is 0 Å². The van der Waals surface area contributed by atoms with Crippen LogP contribution in [0.2, 0.25) is 0 Å². The molecule has 1 heterocycles. The first-order chi connectivity index (χ1) is 5.26. The smallest absolute Gasteiger partial charge is 0.0760 e. The van der Waals surface area contributed by atoms with Gasteiger partial charge in [-0.15, -0.1) is 6.58 Å². The number of hydrogen-bond donors (Lipinski definition) is 1. The summed E-state index contributed by atoms with van der Waals surface area (Å²) >= 11 is 0. The molecule has 1 aliphatic rings. The molecule has 0 aromatic rings. The maximum atomic E-state index is 9.12. The minimum Gasteiger partial charge on any atom is -0.396 e. The van der Waals surface area contributed by atoms with Crippen LogP contribution in [0.25, 0.3) is 0 Å². The topological polar surface area (TPSA) is 29.5 Å². The molecule has 0 spiro atoms. The van der Waals surface area contributed by atoms with E-state index in [1.165, 1.54) is 0 Å². The van der Waals surface area contributed by atoms with E-state index in [0.717, 1.165) is 12.8 Å². The van der Waals surface area contributed by atoms with Crippen LogP contribution >= 0.6 is 0 Å². The van der Waals surface area contributed by atoms with Gasteiger partial charge >= 0.3 is 0 Å². The largest absolute Gasteiger partial charge is 0.396 e. The number of aliphatic hydroxyl groups is 1. The minimum absolute atomic E-state index is 0.0128. The van der Waals surface area contributed by atoms with E-state index >= 15 is 0 Å². The van der Waals surface area contributed by atoms with Gasteiger partial charge in [-0.25, -0.2) is 0 Å². The summed E-state index contributed by atoms with van der Waals surface area (Å²) in [5.74, 6) is 0. The first-order valence-corrected chi connectivity index (χ1v) is 4.11. The number of rotatable bonds is 3. The molecule has 0 bridgehead atoms. The van der Waals surface area contributed by atoms with E-state index in [9.17, 15) is 0 Å². The second-order valence-electron chi connectivity index (χ2n) is 3.30. The van der Waals surface area contributed by atoms with Crippen molar-refractivity contribution in [3.63, 3.8) is 0 Å². The van der Waals surface area contributed by atoms with Gasteiger partial charge in [-0.2, -0.15) is 0 Å². The summed E-state index contributed by atoms with van der Waals surface area (Å²) in [6.45, 7) is 6.67. The van der Waals surface area contributed by atoms with Gasteiger partial charge in [0.25, 0.3) is 0 Å². The summed E-state index contributed by atoms with van der Waals surface area (Å²) in [5.41, 5.74) is 0.0128. The Balaban J connectivity index is 2.54. The highest BCUT2D eigenvalue weighted by Gasteiger charge is 2.36. The van der Waals surface area contributed by atoms with Crippen LogP contribution in [0.1, 0.15) is 19.8 Å². The summed E-state index contributed by atoms with van der Waals surface area (Å²) < 4.78 is 5.42. The molecule has 0 unspecified atom stereocenters. The van der Waals surface area contributed by atoms with E-state index < -0.39 is 0 Å². The summed E-state index contributed by atoms with van der Waals surface area (Å²) in [4.78, 5) is 0. The van der Waals surface area contributed by atoms with Gasteiger partial charge in [0.15, 0.2) is 0 Å². The molecule has 1 saturated heterocycles. The Kier molecular flexibility index (Phi) is 2.68. The highest BCUT2D eigenvalue weighted by atomic mass is 16.5. The molecule has 0 aromatic carbocycles. The molecule has 0 radical (unpaired) electrons. The molecule has 1 fully saturated rings. The van der Waals surface area contributed by atoms with Crippen molar-refractivity contribution in [1.82, 2.24) is 0 Å². The quantitative estimate of drug-likeness (QED) is 0.625. The third-order valence-corrected chi connectivity index (χ3v) is 2.59. The average Bonchev–Trinajstić information content (AvgIpc) is 2.49. The standard InChI is InChI=1S/C9H16O2/c1-3-8-5-9(4-2,6-10)7-11-8/h3,8,10H,1,4-7H2,2H3/t8-,9-/m1/s1. The van der Waals surface area contributed by atoms with Gasteiger partial charge in [-0.3, -0.25) is 0 Å². The predicted octanol–water partition coefficient (Wildman–Crippen LogP) is 1.35. The molecule has 0 saturated carbocycles. The Bertz CT molecular complexity index is 138. The Morgan fingerprint density at radius 1 is 1.82 bits per heavy atom. The zero-order valence-corrected chi connectivity index (χ0v) is 7.05. The molecule has 1 aliphatic heterocycles. The first kappa shape index (κ1) is 8.75. The zero-order valence-electron chi connectivity index (χ0n) is 7.05. The molecule has 2 heteroatoms. The van der Waals surface area contributed by atoms with Crippen LogP contribution in [0, 0.1) is 5.41 Å². The van der Waals surface area contributed by atoms with Gasteiger partial charge < -0.3 is 9.84 Å². The Morgan fingerprint density at radius 3 is 2.82 bits per heavy atom. The molecule has 2 atom stereocenters. The predicted molar refractivity (Wildman–Crippen MR) is 44.4 cm³/mol. The van der Waals surface area contributed by atoms with Crippen molar-refractivity contribution in [3.8, 4) is 0 Å². The first-order valence-electron chi connectivity index (χ1n) is 4.11. The fourth-order valence-electron chi connectivity index (χ4n) is 1.45. The third-order valence-electron chi connectivity index (χ3n) is 2.59. The van der Waals surface area contributed by atoms with Crippen LogP contribution < -0.4 is 0 Å². The van der Waals surface area contributed by atoms with Crippen molar-refractivity contribution in [1.29, 1.82) is 0 Å². The van der Waals surface area contributed by atoms with Gasteiger partial charge in [0.2, 0.25) is 0 Å². The summed E-state index contributed by atoms with van der Waals surface area (Å²) in [7, 11) is 0. The minimum atomic E-state index is 0.0128. The van der Waals surface area contributed by atoms with E-state index in [2.05, 4.69) is 13.5 Å². The zero-order chi connectivity index (χ0) is 8.32.